The van der Waals surface area contributed by atoms with Crippen molar-refractivity contribution in [1.82, 2.24) is 10.2 Å². The second-order valence-corrected chi connectivity index (χ2v) is 9.68. The maximum atomic E-state index is 9.97. The largest absolute Gasteiger partial charge is 0.384 e. The molecule has 0 amide bonds. The van der Waals surface area contributed by atoms with Gasteiger partial charge in [0.1, 0.15) is 5.82 Å². The maximum absolute atomic E-state index is 9.97. The molecule has 0 aliphatic carbocycles. The van der Waals surface area contributed by atoms with Crippen LogP contribution >= 0.6 is 23.5 Å². The van der Waals surface area contributed by atoms with Crippen molar-refractivity contribution in [1.29, 1.82) is 5.26 Å². The highest BCUT2D eigenvalue weighted by molar-refractivity contribution is 7.98. The summed E-state index contributed by atoms with van der Waals surface area (Å²) in [6.45, 7) is 4.79. The van der Waals surface area contributed by atoms with E-state index in [-0.39, 0.29) is 5.92 Å². The monoisotopic (exact) mass is 460 g/mol. The number of hydrogen-bond donors (Lipinski definition) is 2. The summed E-state index contributed by atoms with van der Waals surface area (Å²) in [6.07, 6.45) is 6.40. The van der Waals surface area contributed by atoms with E-state index in [2.05, 4.69) is 90.3 Å². The summed E-state index contributed by atoms with van der Waals surface area (Å²) in [5, 5.41) is 13.4. The summed E-state index contributed by atoms with van der Waals surface area (Å²) in [6, 6.07) is 19.5. The van der Waals surface area contributed by atoms with Crippen LogP contribution in [0.3, 0.4) is 0 Å². The minimum absolute atomic E-state index is 0.135. The minimum atomic E-state index is -0.135. The van der Waals surface area contributed by atoms with E-state index >= 15 is 0 Å². The van der Waals surface area contributed by atoms with E-state index in [0.717, 1.165) is 30.9 Å². The van der Waals surface area contributed by atoms with Crippen molar-refractivity contribution in [2.24, 2.45) is 5.73 Å². The minimum Gasteiger partial charge on any atom is -0.384 e. The highest BCUT2D eigenvalue weighted by Gasteiger charge is 2.35. The lowest BCUT2D eigenvalue weighted by Gasteiger charge is -2.39. The van der Waals surface area contributed by atoms with Gasteiger partial charge in [-0.05, 0) is 71.7 Å². The van der Waals surface area contributed by atoms with Crippen molar-refractivity contribution in [2.45, 2.75) is 22.6 Å². The Morgan fingerprint density at radius 2 is 1.69 bits per heavy atom. The van der Waals surface area contributed by atoms with Crippen molar-refractivity contribution in [3.05, 3.63) is 87.9 Å². The summed E-state index contributed by atoms with van der Waals surface area (Å²) in [5.41, 5.74) is 12.8. The second kappa shape index (κ2) is 9.91. The molecule has 0 fully saturated rings. The SMILES string of the molecule is CCN1CC2=C(NC(N)=C(C#N)[C@H]2c2ccc(SC)cc2)/C(=C\c2ccc(SC)cc2)C1. The topological polar surface area (TPSA) is 65.1 Å². The molecule has 2 heterocycles. The maximum Gasteiger partial charge on any atom is 0.115 e. The van der Waals surface area contributed by atoms with E-state index in [1.165, 1.54) is 26.5 Å². The first-order valence-corrected chi connectivity index (χ1v) is 13.1. The fourth-order valence-corrected chi connectivity index (χ4v) is 5.18. The number of nitrogens with one attached hydrogen (secondary N) is 1. The van der Waals surface area contributed by atoms with Gasteiger partial charge in [-0.15, -0.1) is 23.5 Å². The summed E-state index contributed by atoms with van der Waals surface area (Å²) >= 11 is 3.46. The van der Waals surface area contributed by atoms with Gasteiger partial charge in [-0.3, -0.25) is 4.90 Å². The van der Waals surface area contributed by atoms with E-state index in [1.807, 2.05) is 0 Å². The van der Waals surface area contributed by atoms with Crippen LogP contribution in [0.5, 0.6) is 0 Å². The highest BCUT2D eigenvalue weighted by Crippen LogP contribution is 2.41. The Labute approximate surface area is 199 Å². The van der Waals surface area contributed by atoms with E-state index in [0.29, 0.717) is 11.4 Å². The number of rotatable bonds is 5. The van der Waals surface area contributed by atoms with Crippen molar-refractivity contribution in [2.75, 3.05) is 32.1 Å². The first-order valence-electron chi connectivity index (χ1n) is 10.7. The molecule has 164 valence electrons. The lowest BCUT2D eigenvalue weighted by molar-refractivity contribution is 0.320. The zero-order valence-corrected chi connectivity index (χ0v) is 20.3. The van der Waals surface area contributed by atoms with Crippen LogP contribution in [0.25, 0.3) is 6.08 Å². The molecule has 0 saturated carbocycles. The van der Waals surface area contributed by atoms with Crippen LogP contribution < -0.4 is 11.1 Å². The number of nitrogens with zero attached hydrogens (tertiary/aromatic N) is 2. The Morgan fingerprint density at radius 1 is 1.06 bits per heavy atom. The molecule has 0 unspecified atom stereocenters. The molecule has 0 saturated heterocycles. The predicted molar refractivity (Wildman–Crippen MR) is 136 cm³/mol. The van der Waals surface area contributed by atoms with Gasteiger partial charge in [-0.2, -0.15) is 5.26 Å². The third kappa shape index (κ3) is 4.47. The Balaban J connectivity index is 1.82. The molecule has 2 aliphatic rings. The van der Waals surface area contributed by atoms with Gasteiger partial charge in [-0.1, -0.05) is 31.2 Å². The standard InChI is InChI=1S/C26H28N4S2/c1-4-30-15-19(13-17-5-9-20(31-2)10-6-17)25-23(16-30)24(22(14-27)26(28)29-25)18-7-11-21(32-3)12-8-18/h5-13,24,29H,4,15-16,28H2,1-3H3/b19-13-/t24-/m1/s1. The number of thioether (sulfide) groups is 2. The number of nitrogens with two attached hydrogens (primary N) is 1. The molecule has 0 bridgehead atoms. The lowest BCUT2D eigenvalue weighted by Crippen LogP contribution is -2.42. The van der Waals surface area contributed by atoms with Crippen LogP contribution in [-0.4, -0.2) is 37.0 Å². The smallest absolute Gasteiger partial charge is 0.115 e. The molecule has 2 aliphatic heterocycles. The molecule has 6 heteroatoms. The number of benzene rings is 2. The van der Waals surface area contributed by atoms with Crippen molar-refractivity contribution >= 4 is 29.6 Å². The molecule has 2 aromatic carbocycles. The van der Waals surface area contributed by atoms with E-state index in [4.69, 9.17) is 5.73 Å². The summed E-state index contributed by atoms with van der Waals surface area (Å²) < 4.78 is 0. The molecule has 2 aromatic rings. The molecule has 1 atom stereocenters. The Bertz CT molecular complexity index is 1120. The van der Waals surface area contributed by atoms with Crippen molar-refractivity contribution in [3.63, 3.8) is 0 Å². The van der Waals surface area contributed by atoms with Gasteiger partial charge in [0.05, 0.1) is 11.6 Å². The average Bonchev–Trinajstić information content (AvgIpc) is 2.84. The molecule has 4 rings (SSSR count). The first-order chi connectivity index (χ1) is 15.6. The molecule has 32 heavy (non-hydrogen) atoms. The van der Waals surface area contributed by atoms with Crippen LogP contribution in [0.4, 0.5) is 0 Å². The quantitative estimate of drug-likeness (QED) is 0.599. The zero-order valence-electron chi connectivity index (χ0n) is 18.7. The van der Waals surface area contributed by atoms with Gasteiger partial charge < -0.3 is 11.1 Å². The molecular formula is C26H28N4S2. The number of likely N-dealkylation sites (N-methyl/N-ethyl adjacent to an activating group) is 1. The van der Waals surface area contributed by atoms with E-state index < -0.39 is 0 Å². The van der Waals surface area contributed by atoms with Crippen molar-refractivity contribution in [3.8, 4) is 6.07 Å². The van der Waals surface area contributed by atoms with E-state index in [1.54, 1.807) is 23.5 Å². The Morgan fingerprint density at radius 3 is 2.25 bits per heavy atom. The van der Waals surface area contributed by atoms with Crippen LogP contribution in [0.2, 0.25) is 0 Å². The summed E-state index contributed by atoms with van der Waals surface area (Å²) in [4.78, 5) is 4.88. The lowest BCUT2D eigenvalue weighted by atomic mass is 9.78. The van der Waals surface area contributed by atoms with Gasteiger partial charge in [0.25, 0.3) is 0 Å². The third-order valence-electron chi connectivity index (χ3n) is 6.09. The van der Waals surface area contributed by atoms with E-state index in [9.17, 15) is 5.26 Å². The molecule has 4 nitrogen and oxygen atoms in total. The third-order valence-corrected chi connectivity index (χ3v) is 7.58. The van der Waals surface area contributed by atoms with Crippen LogP contribution in [0, 0.1) is 11.3 Å². The fourth-order valence-electron chi connectivity index (χ4n) is 4.36. The van der Waals surface area contributed by atoms with Crippen molar-refractivity contribution < 1.29 is 0 Å². The van der Waals surface area contributed by atoms with Gasteiger partial charge in [-0.25, -0.2) is 0 Å². The second-order valence-electron chi connectivity index (χ2n) is 7.92. The Kier molecular flexibility index (Phi) is 7.00. The molecular weight excluding hydrogens is 432 g/mol. The first kappa shape index (κ1) is 22.6. The van der Waals surface area contributed by atoms with Gasteiger partial charge in [0.15, 0.2) is 0 Å². The number of nitriles is 1. The van der Waals surface area contributed by atoms with Crippen LogP contribution in [-0.2, 0) is 0 Å². The molecule has 3 N–H and O–H groups in total. The number of hydrogen-bond acceptors (Lipinski definition) is 6. The molecule has 0 aromatic heterocycles. The zero-order chi connectivity index (χ0) is 22.7. The number of allylic oxidation sites excluding steroid dienone is 1. The van der Waals surface area contributed by atoms with Crippen LogP contribution in [0.1, 0.15) is 24.0 Å². The predicted octanol–water partition coefficient (Wildman–Crippen LogP) is 5.18. The van der Waals surface area contributed by atoms with Gasteiger partial charge in [0.2, 0.25) is 0 Å². The Hall–Kier alpha value is -2.59. The highest BCUT2D eigenvalue weighted by atomic mass is 32.2. The van der Waals surface area contributed by atoms with Gasteiger partial charge >= 0.3 is 0 Å². The normalized spacial score (nSPS) is 20.2. The average molecular weight is 461 g/mol. The van der Waals surface area contributed by atoms with Gasteiger partial charge in [0, 0.05) is 34.5 Å². The fraction of sp³-hybridized carbons (Fsp3) is 0.269. The summed E-state index contributed by atoms with van der Waals surface area (Å²) in [7, 11) is 0. The molecule has 0 spiro atoms. The number of dihydropyridines is 1. The molecule has 0 radical (unpaired) electrons. The summed E-state index contributed by atoms with van der Waals surface area (Å²) in [5.74, 6) is 0.322. The van der Waals surface area contributed by atoms with Crippen LogP contribution in [0.15, 0.2) is 86.6 Å².